The second-order valence-electron chi connectivity index (χ2n) is 7.25. The second kappa shape index (κ2) is 11.6. The van der Waals surface area contributed by atoms with Gasteiger partial charge in [-0.15, -0.1) is 10.2 Å². The third kappa shape index (κ3) is 6.40. The minimum atomic E-state index is -0.0656. The Hall–Kier alpha value is -2.22. The molecule has 0 spiro atoms. The highest BCUT2D eigenvalue weighted by molar-refractivity contribution is 7.99. The molecule has 0 fully saturated rings. The van der Waals surface area contributed by atoms with Crippen LogP contribution in [0.25, 0.3) is 0 Å². The van der Waals surface area contributed by atoms with Crippen LogP contribution >= 0.6 is 35.0 Å². The number of nitrogens with one attached hydrogen (secondary N) is 1. The summed E-state index contributed by atoms with van der Waals surface area (Å²) in [6, 6.07) is 11.0. The van der Waals surface area contributed by atoms with Crippen LogP contribution in [-0.2, 0) is 17.8 Å². The number of hydrogen-bond donors (Lipinski definition) is 1. The van der Waals surface area contributed by atoms with Crippen molar-refractivity contribution < 1.29 is 9.53 Å². The number of carbonyl (C=O) groups is 1. The molecule has 0 radical (unpaired) electrons. The number of aryl methyl sites for hydroxylation is 2. The van der Waals surface area contributed by atoms with Crippen LogP contribution in [0.15, 0.2) is 41.6 Å². The van der Waals surface area contributed by atoms with Crippen LogP contribution in [0.2, 0.25) is 10.0 Å². The Morgan fingerprint density at radius 2 is 2.00 bits per heavy atom. The smallest absolute Gasteiger partial charge is 0.234 e. The largest absolute Gasteiger partial charge is 0.492 e. The van der Waals surface area contributed by atoms with Gasteiger partial charge >= 0.3 is 0 Å². The van der Waals surface area contributed by atoms with Gasteiger partial charge in [0.05, 0.1) is 17.4 Å². The number of ether oxygens (including phenoxy) is 1. The summed E-state index contributed by atoms with van der Waals surface area (Å²) in [6.07, 6.45) is 1.47. The molecule has 170 valence electrons. The topological polar surface area (TPSA) is 69.0 Å². The molecule has 1 aromatic heterocycles. The van der Waals surface area contributed by atoms with Crippen LogP contribution in [0.4, 0.5) is 5.69 Å². The lowest BCUT2D eigenvalue weighted by molar-refractivity contribution is -0.113. The van der Waals surface area contributed by atoms with Crippen molar-refractivity contribution in [1.29, 1.82) is 0 Å². The van der Waals surface area contributed by atoms with Crippen LogP contribution in [0, 0.1) is 13.8 Å². The van der Waals surface area contributed by atoms with E-state index < -0.39 is 0 Å². The molecule has 0 unspecified atom stereocenters. The van der Waals surface area contributed by atoms with Crippen molar-refractivity contribution in [3.8, 4) is 5.75 Å². The van der Waals surface area contributed by atoms with Gasteiger partial charge in [-0.3, -0.25) is 4.79 Å². The Morgan fingerprint density at radius 3 is 2.75 bits per heavy atom. The normalized spacial score (nSPS) is 10.9. The van der Waals surface area contributed by atoms with E-state index in [1.165, 1.54) is 11.8 Å². The molecule has 0 aliphatic heterocycles. The Morgan fingerprint density at radius 1 is 1.19 bits per heavy atom. The molecule has 0 aliphatic carbocycles. The standard InChI is InChI=1S/C23H26Cl2N4O2S/c1-4-29-21(9-6-12-31-20-11-10-17(24)13-18(20)25)27-28-23(29)32-14-22(30)26-19-8-5-7-15(2)16(19)3/h5,7-8,10-11,13H,4,6,9,12,14H2,1-3H3,(H,26,30). The Bertz CT molecular complexity index is 1090. The first-order chi connectivity index (χ1) is 15.4. The zero-order valence-electron chi connectivity index (χ0n) is 18.3. The molecule has 0 aliphatic rings. The van der Waals surface area contributed by atoms with E-state index in [0.717, 1.165) is 40.8 Å². The first-order valence-corrected chi connectivity index (χ1v) is 12.1. The molecule has 2 aromatic carbocycles. The van der Waals surface area contributed by atoms with Crippen LogP contribution in [-0.4, -0.2) is 33.0 Å². The lowest BCUT2D eigenvalue weighted by atomic mass is 10.1. The fraction of sp³-hybridized carbons (Fsp3) is 0.348. The number of anilines is 1. The summed E-state index contributed by atoms with van der Waals surface area (Å²) < 4.78 is 7.77. The van der Waals surface area contributed by atoms with E-state index in [2.05, 4.69) is 15.5 Å². The number of thioether (sulfide) groups is 1. The SMILES string of the molecule is CCn1c(CCCOc2ccc(Cl)cc2Cl)nnc1SCC(=O)Nc1cccc(C)c1C. The fourth-order valence-electron chi connectivity index (χ4n) is 3.14. The number of carbonyl (C=O) groups excluding carboxylic acids is 1. The van der Waals surface area contributed by atoms with E-state index in [1.807, 2.05) is 43.5 Å². The first kappa shape index (κ1) is 24.4. The predicted molar refractivity (Wildman–Crippen MR) is 131 cm³/mol. The van der Waals surface area contributed by atoms with Crippen molar-refractivity contribution in [3.63, 3.8) is 0 Å². The molecule has 1 amide bonds. The molecule has 9 heteroatoms. The summed E-state index contributed by atoms with van der Waals surface area (Å²) >= 11 is 13.4. The molecule has 3 aromatic rings. The van der Waals surface area contributed by atoms with Crippen LogP contribution < -0.4 is 10.1 Å². The van der Waals surface area contributed by atoms with Crippen molar-refractivity contribution in [2.75, 3.05) is 17.7 Å². The van der Waals surface area contributed by atoms with Gasteiger partial charge in [-0.25, -0.2) is 0 Å². The zero-order valence-corrected chi connectivity index (χ0v) is 20.7. The average molecular weight is 493 g/mol. The number of aromatic nitrogens is 3. The van der Waals surface area contributed by atoms with Crippen molar-refractivity contribution in [3.05, 3.63) is 63.4 Å². The molecule has 3 rings (SSSR count). The van der Waals surface area contributed by atoms with E-state index in [9.17, 15) is 4.79 Å². The number of halogens is 2. The fourth-order valence-corrected chi connectivity index (χ4v) is 4.42. The van der Waals surface area contributed by atoms with Gasteiger partial charge in [0.1, 0.15) is 11.6 Å². The van der Waals surface area contributed by atoms with Crippen molar-refractivity contribution in [2.24, 2.45) is 0 Å². The summed E-state index contributed by atoms with van der Waals surface area (Å²) in [5, 5.41) is 13.4. The van der Waals surface area contributed by atoms with E-state index in [0.29, 0.717) is 28.8 Å². The van der Waals surface area contributed by atoms with Gasteiger partial charge in [0.2, 0.25) is 5.91 Å². The molecular weight excluding hydrogens is 467 g/mol. The molecule has 1 heterocycles. The highest BCUT2D eigenvalue weighted by Crippen LogP contribution is 2.27. The minimum absolute atomic E-state index is 0.0656. The highest BCUT2D eigenvalue weighted by Gasteiger charge is 2.14. The molecule has 0 atom stereocenters. The van der Waals surface area contributed by atoms with Crippen LogP contribution in [0.5, 0.6) is 5.75 Å². The van der Waals surface area contributed by atoms with Crippen molar-refractivity contribution in [2.45, 2.75) is 45.3 Å². The molecule has 1 N–H and O–H groups in total. The molecular formula is C23H26Cl2N4O2S. The molecule has 0 saturated carbocycles. The van der Waals surface area contributed by atoms with Gasteiger partial charge in [-0.1, -0.05) is 47.1 Å². The maximum absolute atomic E-state index is 12.4. The average Bonchev–Trinajstić information content (AvgIpc) is 3.16. The minimum Gasteiger partial charge on any atom is -0.492 e. The number of benzene rings is 2. The third-order valence-electron chi connectivity index (χ3n) is 5.02. The van der Waals surface area contributed by atoms with Crippen molar-refractivity contribution in [1.82, 2.24) is 14.8 Å². The van der Waals surface area contributed by atoms with E-state index in [4.69, 9.17) is 27.9 Å². The lowest BCUT2D eigenvalue weighted by Crippen LogP contribution is -2.15. The van der Waals surface area contributed by atoms with Gasteiger partial charge in [-0.2, -0.15) is 0 Å². The number of rotatable bonds is 10. The van der Waals surface area contributed by atoms with Crippen molar-refractivity contribution >= 4 is 46.6 Å². The van der Waals surface area contributed by atoms with E-state index in [-0.39, 0.29) is 11.7 Å². The summed E-state index contributed by atoms with van der Waals surface area (Å²) in [7, 11) is 0. The predicted octanol–water partition coefficient (Wildman–Crippen LogP) is 5.96. The Kier molecular flexibility index (Phi) is 8.84. The number of hydrogen-bond acceptors (Lipinski definition) is 5. The van der Waals surface area contributed by atoms with Gasteiger partial charge in [0, 0.05) is 23.7 Å². The van der Waals surface area contributed by atoms with Gasteiger partial charge < -0.3 is 14.6 Å². The summed E-state index contributed by atoms with van der Waals surface area (Å²) in [4.78, 5) is 12.4. The first-order valence-electron chi connectivity index (χ1n) is 10.4. The maximum atomic E-state index is 12.4. The zero-order chi connectivity index (χ0) is 23.1. The maximum Gasteiger partial charge on any atom is 0.234 e. The van der Waals surface area contributed by atoms with E-state index >= 15 is 0 Å². The number of amides is 1. The lowest BCUT2D eigenvalue weighted by Gasteiger charge is -2.11. The summed E-state index contributed by atoms with van der Waals surface area (Å²) in [5.41, 5.74) is 3.06. The molecule has 0 bridgehead atoms. The Labute approximate surface area is 202 Å². The molecule has 32 heavy (non-hydrogen) atoms. The van der Waals surface area contributed by atoms with Crippen LogP contribution in [0.3, 0.4) is 0 Å². The quantitative estimate of drug-likeness (QED) is 0.279. The van der Waals surface area contributed by atoms with Gasteiger partial charge in [0.15, 0.2) is 5.16 Å². The number of nitrogens with zero attached hydrogens (tertiary/aromatic N) is 3. The summed E-state index contributed by atoms with van der Waals surface area (Å²) in [5.74, 6) is 1.68. The molecule has 6 nitrogen and oxygen atoms in total. The van der Waals surface area contributed by atoms with Gasteiger partial charge in [0.25, 0.3) is 0 Å². The second-order valence-corrected chi connectivity index (χ2v) is 9.04. The monoisotopic (exact) mass is 492 g/mol. The van der Waals surface area contributed by atoms with E-state index in [1.54, 1.807) is 18.2 Å². The van der Waals surface area contributed by atoms with Crippen LogP contribution in [0.1, 0.15) is 30.3 Å². The highest BCUT2D eigenvalue weighted by atomic mass is 35.5. The third-order valence-corrected chi connectivity index (χ3v) is 6.51. The van der Waals surface area contributed by atoms with Gasteiger partial charge in [-0.05, 0) is 62.6 Å². The summed E-state index contributed by atoms with van der Waals surface area (Å²) in [6.45, 7) is 7.30. The Balaban J connectivity index is 1.50. The molecule has 0 saturated heterocycles.